The van der Waals surface area contributed by atoms with E-state index < -0.39 is 0 Å². The SMILES string of the molecule is CN(C)c1ncc2c(n1)C1(CCCN(Cc3cccc4ncccc34)C1)CC2. The van der Waals surface area contributed by atoms with E-state index in [4.69, 9.17) is 4.98 Å². The van der Waals surface area contributed by atoms with Crippen LogP contribution in [0, 0.1) is 0 Å². The Morgan fingerprint density at radius 1 is 1.11 bits per heavy atom. The average molecular weight is 374 g/mol. The van der Waals surface area contributed by atoms with Crippen molar-refractivity contribution in [1.82, 2.24) is 19.9 Å². The summed E-state index contributed by atoms with van der Waals surface area (Å²) in [6.45, 7) is 3.21. The van der Waals surface area contributed by atoms with Crippen molar-refractivity contribution in [3.63, 3.8) is 0 Å². The highest BCUT2D eigenvalue weighted by Crippen LogP contribution is 2.44. The quantitative estimate of drug-likeness (QED) is 0.702. The number of likely N-dealkylation sites (tertiary alicyclic amines) is 1. The highest BCUT2D eigenvalue weighted by molar-refractivity contribution is 5.81. The van der Waals surface area contributed by atoms with E-state index in [9.17, 15) is 0 Å². The van der Waals surface area contributed by atoms with Gasteiger partial charge in [0.15, 0.2) is 0 Å². The van der Waals surface area contributed by atoms with E-state index in [-0.39, 0.29) is 5.41 Å². The first-order valence-corrected chi connectivity index (χ1v) is 10.2. The Morgan fingerprint density at radius 2 is 2.04 bits per heavy atom. The number of rotatable bonds is 3. The van der Waals surface area contributed by atoms with Crippen LogP contribution in [0.3, 0.4) is 0 Å². The maximum Gasteiger partial charge on any atom is 0.225 e. The molecule has 2 aliphatic rings. The van der Waals surface area contributed by atoms with Gasteiger partial charge in [-0.3, -0.25) is 9.88 Å². The molecule has 3 heterocycles. The molecule has 1 aromatic carbocycles. The van der Waals surface area contributed by atoms with Crippen LogP contribution in [-0.2, 0) is 18.4 Å². The van der Waals surface area contributed by atoms with Crippen LogP contribution in [0.5, 0.6) is 0 Å². The van der Waals surface area contributed by atoms with Gasteiger partial charge in [-0.2, -0.15) is 0 Å². The van der Waals surface area contributed by atoms with Crippen molar-refractivity contribution in [2.75, 3.05) is 32.1 Å². The fourth-order valence-electron chi connectivity index (χ4n) is 5.05. The third-order valence-corrected chi connectivity index (χ3v) is 6.41. The predicted octanol–water partition coefficient (Wildman–Crippen LogP) is 3.57. The van der Waals surface area contributed by atoms with Gasteiger partial charge in [-0.15, -0.1) is 0 Å². The van der Waals surface area contributed by atoms with Crippen LogP contribution < -0.4 is 4.90 Å². The fraction of sp³-hybridized carbons (Fsp3) is 0.435. The Balaban J connectivity index is 1.44. The topological polar surface area (TPSA) is 45.2 Å². The molecule has 0 amide bonds. The van der Waals surface area contributed by atoms with Crippen LogP contribution in [0.15, 0.2) is 42.7 Å². The van der Waals surface area contributed by atoms with Gasteiger partial charge in [0.2, 0.25) is 5.95 Å². The second-order valence-corrected chi connectivity index (χ2v) is 8.52. The van der Waals surface area contributed by atoms with Crippen LogP contribution in [0.1, 0.15) is 36.1 Å². The van der Waals surface area contributed by atoms with Crippen LogP contribution in [-0.4, -0.2) is 47.0 Å². The molecule has 5 nitrogen and oxygen atoms in total. The van der Waals surface area contributed by atoms with Gasteiger partial charge in [0, 0.05) is 50.4 Å². The molecule has 1 fully saturated rings. The number of pyridine rings is 1. The molecular formula is C23H27N5. The Labute approximate surface area is 166 Å². The summed E-state index contributed by atoms with van der Waals surface area (Å²) in [5, 5.41) is 1.27. The monoisotopic (exact) mass is 373 g/mol. The average Bonchev–Trinajstić information content (AvgIpc) is 3.05. The molecule has 1 aliphatic carbocycles. The van der Waals surface area contributed by atoms with E-state index in [0.717, 1.165) is 37.5 Å². The van der Waals surface area contributed by atoms with Crippen molar-refractivity contribution in [2.45, 2.75) is 37.6 Å². The zero-order valence-corrected chi connectivity index (χ0v) is 16.7. The molecule has 5 rings (SSSR count). The summed E-state index contributed by atoms with van der Waals surface area (Å²) in [5.74, 6) is 0.831. The van der Waals surface area contributed by atoms with E-state index in [0.29, 0.717) is 0 Å². The molecule has 0 N–H and O–H groups in total. The van der Waals surface area contributed by atoms with Gasteiger partial charge in [0.25, 0.3) is 0 Å². The summed E-state index contributed by atoms with van der Waals surface area (Å²) in [4.78, 5) is 18.7. The molecule has 0 radical (unpaired) electrons. The van der Waals surface area contributed by atoms with Gasteiger partial charge < -0.3 is 4.90 Å². The van der Waals surface area contributed by atoms with Gasteiger partial charge in [0.05, 0.1) is 11.2 Å². The molecule has 0 bridgehead atoms. The lowest BCUT2D eigenvalue weighted by molar-refractivity contribution is 0.137. The van der Waals surface area contributed by atoms with Crippen molar-refractivity contribution in [3.8, 4) is 0 Å². The van der Waals surface area contributed by atoms with Gasteiger partial charge >= 0.3 is 0 Å². The van der Waals surface area contributed by atoms with E-state index in [1.54, 1.807) is 0 Å². The number of nitrogens with zero attached hydrogens (tertiary/aromatic N) is 5. The summed E-state index contributed by atoms with van der Waals surface area (Å²) >= 11 is 0. The zero-order chi connectivity index (χ0) is 19.1. The standard InChI is InChI=1S/C23H27N5/c1-27(2)22-25-14-17-9-11-23(21(17)26-22)10-5-13-28(16-23)15-18-6-3-8-20-19(18)7-4-12-24-20/h3-4,6-8,12,14H,5,9-11,13,15-16H2,1-2H3. The van der Waals surface area contributed by atoms with E-state index in [1.165, 1.54) is 41.5 Å². The number of aryl methyl sites for hydroxylation is 1. The van der Waals surface area contributed by atoms with Crippen LogP contribution in [0.25, 0.3) is 10.9 Å². The lowest BCUT2D eigenvalue weighted by Gasteiger charge is -2.40. The first-order chi connectivity index (χ1) is 13.6. The molecular weight excluding hydrogens is 346 g/mol. The summed E-state index contributed by atoms with van der Waals surface area (Å²) < 4.78 is 0. The van der Waals surface area contributed by atoms with Crippen LogP contribution >= 0.6 is 0 Å². The third-order valence-electron chi connectivity index (χ3n) is 6.41. The molecule has 5 heteroatoms. The number of hydrogen-bond donors (Lipinski definition) is 0. The molecule has 1 saturated heterocycles. The Kier molecular flexibility index (Phi) is 4.27. The predicted molar refractivity (Wildman–Crippen MR) is 113 cm³/mol. The number of fused-ring (bicyclic) bond motifs is 3. The minimum atomic E-state index is 0.185. The molecule has 144 valence electrons. The van der Waals surface area contributed by atoms with E-state index >= 15 is 0 Å². The van der Waals surface area contributed by atoms with Crippen molar-refractivity contribution in [3.05, 3.63) is 59.5 Å². The van der Waals surface area contributed by atoms with Crippen molar-refractivity contribution in [2.24, 2.45) is 0 Å². The van der Waals surface area contributed by atoms with Gasteiger partial charge in [-0.05, 0) is 55.5 Å². The summed E-state index contributed by atoms with van der Waals surface area (Å²) in [6, 6.07) is 10.7. The molecule has 1 aliphatic heterocycles. The highest BCUT2D eigenvalue weighted by Gasteiger charge is 2.43. The number of aromatic nitrogens is 3. The smallest absolute Gasteiger partial charge is 0.225 e. The van der Waals surface area contributed by atoms with Crippen molar-refractivity contribution >= 4 is 16.9 Å². The molecule has 2 aromatic heterocycles. The first kappa shape index (κ1) is 17.6. The first-order valence-electron chi connectivity index (χ1n) is 10.2. The van der Waals surface area contributed by atoms with E-state index in [1.807, 2.05) is 31.3 Å². The highest BCUT2D eigenvalue weighted by atomic mass is 15.2. The van der Waals surface area contributed by atoms with E-state index in [2.05, 4.69) is 45.3 Å². The van der Waals surface area contributed by atoms with Gasteiger partial charge in [-0.1, -0.05) is 18.2 Å². The summed E-state index contributed by atoms with van der Waals surface area (Å²) in [6.07, 6.45) is 8.69. The molecule has 1 spiro atoms. The molecule has 3 aromatic rings. The maximum absolute atomic E-state index is 5.00. The van der Waals surface area contributed by atoms with Crippen molar-refractivity contribution in [1.29, 1.82) is 0 Å². The lowest BCUT2D eigenvalue weighted by Crippen LogP contribution is -2.45. The summed E-state index contributed by atoms with van der Waals surface area (Å²) in [7, 11) is 4.04. The normalized spacial score (nSPS) is 21.9. The lowest BCUT2D eigenvalue weighted by atomic mass is 9.77. The minimum Gasteiger partial charge on any atom is -0.347 e. The van der Waals surface area contributed by atoms with Gasteiger partial charge in [-0.25, -0.2) is 9.97 Å². The molecule has 28 heavy (non-hydrogen) atoms. The van der Waals surface area contributed by atoms with Crippen LogP contribution in [0.4, 0.5) is 5.95 Å². The largest absolute Gasteiger partial charge is 0.347 e. The Bertz CT molecular complexity index is 1010. The van der Waals surface area contributed by atoms with Crippen molar-refractivity contribution < 1.29 is 0 Å². The Hall–Kier alpha value is -2.53. The maximum atomic E-state index is 5.00. The number of anilines is 1. The number of hydrogen-bond acceptors (Lipinski definition) is 5. The second-order valence-electron chi connectivity index (χ2n) is 8.52. The Morgan fingerprint density at radius 3 is 2.93 bits per heavy atom. The molecule has 1 unspecified atom stereocenters. The fourth-order valence-corrected chi connectivity index (χ4v) is 5.05. The molecule has 1 atom stereocenters. The zero-order valence-electron chi connectivity index (χ0n) is 16.7. The second kappa shape index (κ2) is 6.82. The number of benzene rings is 1. The summed E-state index contributed by atoms with van der Waals surface area (Å²) in [5.41, 5.74) is 5.29. The third kappa shape index (κ3) is 2.94. The molecule has 0 saturated carbocycles. The van der Waals surface area contributed by atoms with Crippen LogP contribution in [0.2, 0.25) is 0 Å². The number of piperidine rings is 1. The minimum absolute atomic E-state index is 0.185. The van der Waals surface area contributed by atoms with Gasteiger partial charge in [0.1, 0.15) is 0 Å².